The van der Waals surface area contributed by atoms with E-state index in [1.165, 1.54) is 33.0 Å². The molecule has 1 aliphatic carbocycles. The van der Waals surface area contributed by atoms with Crippen molar-refractivity contribution in [2.45, 2.75) is 5.51 Å². The van der Waals surface area contributed by atoms with E-state index in [0.29, 0.717) is 0 Å². The maximum atomic E-state index is 12.6. The predicted octanol–water partition coefficient (Wildman–Crippen LogP) is 10.1. The molecule has 0 atom stereocenters. The molecule has 1 heterocycles. The van der Waals surface area contributed by atoms with Gasteiger partial charge in [-0.25, -0.2) is 0 Å². The van der Waals surface area contributed by atoms with E-state index in [4.69, 9.17) is 4.18 Å². The largest absolute Gasteiger partial charge is 0.479 e. The molecule has 6 aromatic rings. The average molecular weight is 501 g/mol. The molecular formula is C29H15F3OS2. The lowest BCUT2D eigenvalue weighted by molar-refractivity contribution is -0.0369. The minimum atomic E-state index is -4.45. The van der Waals surface area contributed by atoms with Crippen molar-refractivity contribution in [1.82, 2.24) is 0 Å². The van der Waals surface area contributed by atoms with Crippen LogP contribution < -0.4 is 4.18 Å². The lowest BCUT2D eigenvalue weighted by atomic mass is 9.93. The highest BCUT2D eigenvalue weighted by Gasteiger charge is 2.31. The Hall–Kier alpha value is -3.48. The van der Waals surface area contributed by atoms with Crippen molar-refractivity contribution in [3.05, 3.63) is 91.0 Å². The van der Waals surface area contributed by atoms with E-state index in [2.05, 4.69) is 66.7 Å². The fourth-order valence-corrected chi connectivity index (χ4v) is 6.73. The summed E-state index contributed by atoms with van der Waals surface area (Å²) in [6.07, 6.45) is 0. The summed E-state index contributed by atoms with van der Waals surface area (Å²) in [5, 5.41) is 4.56. The highest BCUT2D eigenvalue weighted by atomic mass is 32.2. The van der Waals surface area contributed by atoms with Gasteiger partial charge in [-0.1, -0.05) is 72.8 Å². The molecule has 0 amide bonds. The van der Waals surface area contributed by atoms with Gasteiger partial charge in [0.2, 0.25) is 0 Å². The van der Waals surface area contributed by atoms with Crippen LogP contribution in [0.1, 0.15) is 0 Å². The number of halogens is 3. The molecule has 6 heteroatoms. The second kappa shape index (κ2) is 7.51. The second-order valence-electron chi connectivity index (χ2n) is 8.49. The third kappa shape index (κ3) is 3.24. The van der Waals surface area contributed by atoms with Crippen LogP contribution in [0.5, 0.6) is 5.75 Å². The number of thiophene rings is 1. The molecule has 0 saturated carbocycles. The molecule has 0 radical (unpaired) electrons. The monoisotopic (exact) mass is 500 g/mol. The Balaban J connectivity index is 1.42. The first-order chi connectivity index (χ1) is 17.0. The molecule has 0 spiro atoms. The van der Waals surface area contributed by atoms with Crippen LogP contribution in [0.15, 0.2) is 91.0 Å². The lowest BCUT2D eigenvalue weighted by Crippen LogP contribution is -2.02. The molecule has 170 valence electrons. The van der Waals surface area contributed by atoms with Crippen molar-refractivity contribution in [3.8, 4) is 39.1 Å². The summed E-state index contributed by atoms with van der Waals surface area (Å²) < 4.78 is 44.7. The SMILES string of the molecule is FC(F)(F)SOc1ccc2c(c1)sc1c(-c3ccc4c5c(cccc35)-c3ccccc3-4)cccc12. The van der Waals surface area contributed by atoms with Crippen LogP contribution in [-0.2, 0) is 0 Å². The Morgan fingerprint density at radius 2 is 1.26 bits per heavy atom. The molecule has 1 aromatic heterocycles. The van der Waals surface area contributed by atoms with Gasteiger partial charge < -0.3 is 4.18 Å². The van der Waals surface area contributed by atoms with Crippen LogP contribution in [0.2, 0.25) is 0 Å². The van der Waals surface area contributed by atoms with Crippen LogP contribution in [0.3, 0.4) is 0 Å². The normalized spacial score (nSPS) is 12.5. The fourth-order valence-electron chi connectivity index (χ4n) is 5.18. The molecule has 0 N–H and O–H groups in total. The van der Waals surface area contributed by atoms with E-state index in [-0.39, 0.29) is 5.75 Å². The van der Waals surface area contributed by atoms with Gasteiger partial charge in [-0.2, -0.15) is 13.2 Å². The van der Waals surface area contributed by atoms with Gasteiger partial charge in [-0.15, -0.1) is 11.3 Å². The van der Waals surface area contributed by atoms with Gasteiger partial charge in [0, 0.05) is 25.7 Å². The van der Waals surface area contributed by atoms with Crippen LogP contribution >= 0.6 is 23.4 Å². The number of hydrogen-bond acceptors (Lipinski definition) is 3. The van der Waals surface area contributed by atoms with Crippen LogP contribution in [-0.4, -0.2) is 5.51 Å². The standard InChI is InChI=1S/C29H15F3OS2/c30-29(31,32)35-33-16-11-12-20-25-10-4-9-24(28(25)34-26(20)15-16)19-13-14-23-18-6-2-1-5-17(18)21-7-3-8-22(19)27(21)23/h1-15H. The minimum Gasteiger partial charge on any atom is -0.417 e. The summed E-state index contributed by atoms with van der Waals surface area (Å²) in [5.74, 6) is 0.191. The van der Waals surface area contributed by atoms with Crippen molar-refractivity contribution >= 4 is 54.3 Å². The van der Waals surface area contributed by atoms with Crippen molar-refractivity contribution in [2.75, 3.05) is 0 Å². The fraction of sp³-hybridized carbons (Fsp3) is 0.0345. The molecule has 0 fully saturated rings. The highest BCUT2D eigenvalue weighted by Crippen LogP contribution is 2.50. The van der Waals surface area contributed by atoms with E-state index in [9.17, 15) is 13.2 Å². The molecule has 5 aromatic carbocycles. The zero-order valence-corrected chi connectivity index (χ0v) is 19.7. The van der Waals surface area contributed by atoms with Gasteiger partial charge in [0.1, 0.15) is 5.75 Å². The Morgan fingerprint density at radius 3 is 2.03 bits per heavy atom. The van der Waals surface area contributed by atoms with Gasteiger partial charge in [0.15, 0.2) is 12.0 Å². The van der Waals surface area contributed by atoms with Gasteiger partial charge in [0.05, 0.1) is 0 Å². The smallest absolute Gasteiger partial charge is 0.417 e. The molecule has 0 bridgehead atoms. The maximum Gasteiger partial charge on any atom is 0.479 e. The number of hydrogen-bond donors (Lipinski definition) is 0. The average Bonchev–Trinajstić information content (AvgIpc) is 3.40. The topological polar surface area (TPSA) is 9.23 Å². The van der Waals surface area contributed by atoms with Gasteiger partial charge in [-0.3, -0.25) is 0 Å². The zero-order chi connectivity index (χ0) is 23.7. The number of alkyl halides is 3. The molecule has 0 saturated heterocycles. The zero-order valence-electron chi connectivity index (χ0n) is 18.0. The van der Waals surface area contributed by atoms with Crippen LogP contribution in [0.25, 0.3) is 64.3 Å². The first-order valence-electron chi connectivity index (χ1n) is 11.0. The summed E-state index contributed by atoms with van der Waals surface area (Å²) in [6.45, 7) is 0. The minimum absolute atomic E-state index is 0.191. The molecular weight excluding hydrogens is 485 g/mol. The Bertz CT molecular complexity index is 1770. The molecule has 35 heavy (non-hydrogen) atoms. The van der Waals surface area contributed by atoms with Crippen molar-refractivity contribution in [3.63, 3.8) is 0 Å². The number of fused-ring (bicyclic) bond motifs is 6. The number of rotatable bonds is 3. The first kappa shape index (κ1) is 20.9. The van der Waals surface area contributed by atoms with E-state index >= 15 is 0 Å². The second-order valence-corrected chi connectivity index (χ2v) is 10.3. The third-order valence-corrected chi connectivity index (χ3v) is 8.21. The Morgan fingerprint density at radius 1 is 0.600 bits per heavy atom. The van der Waals surface area contributed by atoms with E-state index in [0.717, 1.165) is 31.3 Å². The van der Waals surface area contributed by atoms with Gasteiger partial charge in [0.25, 0.3) is 0 Å². The summed E-state index contributed by atoms with van der Waals surface area (Å²) in [4.78, 5) is 0. The molecule has 1 nitrogen and oxygen atoms in total. The molecule has 0 aliphatic heterocycles. The van der Waals surface area contributed by atoms with Crippen molar-refractivity contribution in [2.24, 2.45) is 0 Å². The Labute approximate surface area is 207 Å². The van der Waals surface area contributed by atoms with E-state index < -0.39 is 17.6 Å². The van der Waals surface area contributed by atoms with Crippen LogP contribution in [0, 0.1) is 0 Å². The van der Waals surface area contributed by atoms with Crippen molar-refractivity contribution in [1.29, 1.82) is 0 Å². The molecule has 0 unspecified atom stereocenters. The van der Waals surface area contributed by atoms with Crippen molar-refractivity contribution < 1.29 is 17.4 Å². The van der Waals surface area contributed by atoms with Gasteiger partial charge >= 0.3 is 5.51 Å². The lowest BCUT2D eigenvalue weighted by Gasteiger charge is -2.10. The number of benzene rings is 5. The van der Waals surface area contributed by atoms with Crippen LogP contribution in [0.4, 0.5) is 13.2 Å². The summed E-state index contributed by atoms with van der Waals surface area (Å²) in [6, 6.07) is 30.7. The molecule has 1 aliphatic rings. The quantitative estimate of drug-likeness (QED) is 0.223. The maximum absolute atomic E-state index is 12.6. The van der Waals surface area contributed by atoms with E-state index in [1.54, 1.807) is 23.5 Å². The third-order valence-electron chi connectivity index (χ3n) is 6.54. The summed E-state index contributed by atoms with van der Waals surface area (Å²) in [7, 11) is 0. The summed E-state index contributed by atoms with van der Waals surface area (Å²) >= 11 is 1.09. The van der Waals surface area contributed by atoms with Gasteiger partial charge in [-0.05, 0) is 56.8 Å². The Kier molecular flexibility index (Phi) is 4.47. The summed E-state index contributed by atoms with van der Waals surface area (Å²) in [5.41, 5.74) is 2.85. The predicted molar refractivity (Wildman–Crippen MR) is 141 cm³/mol. The molecule has 7 rings (SSSR count). The highest BCUT2D eigenvalue weighted by molar-refractivity contribution is 7.95. The van der Waals surface area contributed by atoms with E-state index in [1.807, 2.05) is 12.1 Å². The first-order valence-corrected chi connectivity index (χ1v) is 12.6.